The number of hydrogen-bond acceptors (Lipinski definition) is 3. The van der Waals surface area contributed by atoms with Gasteiger partial charge in [-0.3, -0.25) is 9.59 Å². The molecule has 0 bridgehead atoms. The number of amides is 2. The number of benzene rings is 2. The Morgan fingerprint density at radius 2 is 1.86 bits per heavy atom. The molecule has 28 heavy (non-hydrogen) atoms. The molecule has 0 saturated carbocycles. The number of rotatable bonds is 7. The van der Waals surface area contributed by atoms with E-state index in [0.29, 0.717) is 13.0 Å². The maximum atomic E-state index is 12.7. The summed E-state index contributed by atoms with van der Waals surface area (Å²) in [7, 11) is 0. The molecule has 0 aliphatic heterocycles. The van der Waals surface area contributed by atoms with Crippen LogP contribution >= 0.6 is 0 Å². The second kappa shape index (κ2) is 8.69. The van der Waals surface area contributed by atoms with Gasteiger partial charge in [-0.1, -0.05) is 24.3 Å². The zero-order valence-electron chi connectivity index (χ0n) is 16.6. The standard InChI is InChI=1S/C22H26N4O2/c1-15-8-6-10-18(16(15)2)25-22(28)14-26-20-11-5-4-9-19(20)24-21(26)12-7-13-23-17(3)27/h4-6,8-11H,7,12-14H2,1-3H3,(H,23,27)(H,25,28). The molecule has 0 unspecified atom stereocenters. The Bertz CT molecular complexity index is 1010. The smallest absolute Gasteiger partial charge is 0.244 e. The maximum absolute atomic E-state index is 12.7. The molecule has 1 aromatic heterocycles. The fraction of sp³-hybridized carbons (Fsp3) is 0.318. The third-order valence-corrected chi connectivity index (χ3v) is 4.87. The summed E-state index contributed by atoms with van der Waals surface area (Å²) in [6.07, 6.45) is 1.45. The Balaban J connectivity index is 1.78. The number of nitrogens with zero attached hydrogens (tertiary/aromatic N) is 2. The van der Waals surface area contributed by atoms with E-state index >= 15 is 0 Å². The lowest BCUT2D eigenvalue weighted by molar-refractivity contribution is -0.119. The van der Waals surface area contributed by atoms with Crippen LogP contribution in [0, 0.1) is 13.8 Å². The zero-order chi connectivity index (χ0) is 20.1. The summed E-state index contributed by atoms with van der Waals surface area (Å²) in [6, 6.07) is 13.7. The number of aromatic nitrogens is 2. The molecule has 6 nitrogen and oxygen atoms in total. The molecule has 1 heterocycles. The molecule has 0 radical (unpaired) electrons. The van der Waals surface area contributed by atoms with E-state index in [2.05, 4.69) is 10.6 Å². The normalized spacial score (nSPS) is 10.8. The topological polar surface area (TPSA) is 76.0 Å². The predicted molar refractivity (Wildman–Crippen MR) is 111 cm³/mol. The molecule has 3 aromatic rings. The maximum Gasteiger partial charge on any atom is 0.244 e. The van der Waals surface area contributed by atoms with Crippen LogP contribution in [0.1, 0.15) is 30.3 Å². The van der Waals surface area contributed by atoms with Gasteiger partial charge in [0, 0.05) is 25.6 Å². The number of fused-ring (bicyclic) bond motifs is 1. The van der Waals surface area contributed by atoms with E-state index in [1.165, 1.54) is 6.92 Å². The highest BCUT2D eigenvalue weighted by Crippen LogP contribution is 2.20. The summed E-state index contributed by atoms with van der Waals surface area (Å²) in [5.74, 6) is 0.726. The minimum Gasteiger partial charge on any atom is -0.356 e. The molecule has 6 heteroatoms. The Hall–Kier alpha value is -3.15. The first-order chi connectivity index (χ1) is 13.5. The number of para-hydroxylation sites is 2. The minimum absolute atomic E-state index is 0.0404. The second-order valence-electron chi connectivity index (χ2n) is 6.99. The van der Waals surface area contributed by atoms with Gasteiger partial charge in [-0.2, -0.15) is 0 Å². The molecule has 0 fully saturated rings. The number of imidazole rings is 1. The highest BCUT2D eigenvalue weighted by molar-refractivity contribution is 5.92. The molecule has 2 aromatic carbocycles. The van der Waals surface area contributed by atoms with Crippen LogP contribution in [-0.4, -0.2) is 27.9 Å². The van der Waals surface area contributed by atoms with Gasteiger partial charge in [0.25, 0.3) is 0 Å². The van der Waals surface area contributed by atoms with Crippen LogP contribution in [0.25, 0.3) is 11.0 Å². The van der Waals surface area contributed by atoms with Crippen molar-refractivity contribution >= 4 is 28.5 Å². The quantitative estimate of drug-likeness (QED) is 0.619. The zero-order valence-corrected chi connectivity index (χ0v) is 16.6. The van der Waals surface area contributed by atoms with Crippen LogP contribution in [0.3, 0.4) is 0 Å². The van der Waals surface area contributed by atoms with Gasteiger partial charge in [0.2, 0.25) is 11.8 Å². The van der Waals surface area contributed by atoms with Gasteiger partial charge in [0.1, 0.15) is 12.4 Å². The molecule has 0 spiro atoms. The fourth-order valence-corrected chi connectivity index (χ4v) is 3.22. The molecule has 2 amide bonds. The van der Waals surface area contributed by atoms with Gasteiger partial charge in [-0.25, -0.2) is 4.98 Å². The van der Waals surface area contributed by atoms with E-state index in [1.54, 1.807) is 0 Å². The van der Waals surface area contributed by atoms with Gasteiger partial charge < -0.3 is 15.2 Å². The van der Waals surface area contributed by atoms with Crippen LogP contribution in [0.2, 0.25) is 0 Å². The largest absolute Gasteiger partial charge is 0.356 e. The molecule has 0 aliphatic rings. The van der Waals surface area contributed by atoms with E-state index in [1.807, 2.05) is 60.9 Å². The van der Waals surface area contributed by atoms with Crippen LogP contribution in [0.4, 0.5) is 5.69 Å². The predicted octanol–water partition coefficient (Wildman–Crippen LogP) is 3.36. The third-order valence-electron chi connectivity index (χ3n) is 4.87. The van der Waals surface area contributed by atoms with E-state index in [9.17, 15) is 9.59 Å². The Kier molecular flexibility index (Phi) is 6.09. The van der Waals surface area contributed by atoms with E-state index in [0.717, 1.165) is 40.1 Å². The van der Waals surface area contributed by atoms with Gasteiger partial charge in [0.15, 0.2) is 0 Å². The summed E-state index contributed by atoms with van der Waals surface area (Å²) in [5.41, 5.74) is 4.86. The number of nitrogens with one attached hydrogen (secondary N) is 2. The fourth-order valence-electron chi connectivity index (χ4n) is 3.22. The summed E-state index contributed by atoms with van der Waals surface area (Å²) in [5, 5.41) is 5.82. The van der Waals surface area contributed by atoms with Crippen LogP contribution < -0.4 is 10.6 Å². The SMILES string of the molecule is CC(=O)NCCCc1nc2ccccc2n1CC(=O)Nc1cccc(C)c1C. The van der Waals surface area contributed by atoms with Gasteiger partial charge >= 0.3 is 0 Å². The molecular weight excluding hydrogens is 352 g/mol. The van der Waals surface area contributed by atoms with E-state index in [-0.39, 0.29) is 18.4 Å². The first-order valence-corrected chi connectivity index (χ1v) is 9.50. The minimum atomic E-state index is -0.0834. The second-order valence-corrected chi connectivity index (χ2v) is 6.99. The van der Waals surface area contributed by atoms with E-state index < -0.39 is 0 Å². The number of carbonyl (C=O) groups excluding carboxylic acids is 2. The summed E-state index contributed by atoms with van der Waals surface area (Å²) >= 11 is 0. The summed E-state index contributed by atoms with van der Waals surface area (Å²) in [4.78, 5) is 28.5. The van der Waals surface area contributed by atoms with Crippen molar-refractivity contribution in [3.63, 3.8) is 0 Å². The first-order valence-electron chi connectivity index (χ1n) is 9.50. The molecule has 0 saturated heterocycles. The van der Waals surface area contributed by atoms with Gasteiger partial charge in [-0.15, -0.1) is 0 Å². The van der Waals surface area contributed by atoms with Crippen LogP contribution in [-0.2, 0) is 22.6 Å². The molecule has 0 atom stereocenters. The lowest BCUT2D eigenvalue weighted by Gasteiger charge is -2.13. The van der Waals surface area contributed by atoms with Crippen LogP contribution in [0.15, 0.2) is 42.5 Å². The van der Waals surface area contributed by atoms with Crippen molar-refractivity contribution in [2.24, 2.45) is 0 Å². The lowest BCUT2D eigenvalue weighted by Crippen LogP contribution is -2.23. The lowest BCUT2D eigenvalue weighted by atomic mass is 10.1. The molecular formula is C22H26N4O2. The number of carbonyl (C=O) groups is 2. The monoisotopic (exact) mass is 378 g/mol. The van der Waals surface area contributed by atoms with Crippen molar-refractivity contribution in [3.05, 3.63) is 59.4 Å². The Morgan fingerprint density at radius 3 is 2.64 bits per heavy atom. The van der Waals surface area contributed by atoms with Crippen molar-refractivity contribution < 1.29 is 9.59 Å². The third kappa shape index (κ3) is 4.57. The molecule has 0 aliphatic carbocycles. The van der Waals surface area contributed by atoms with Crippen molar-refractivity contribution in [2.75, 3.05) is 11.9 Å². The average molecular weight is 378 g/mol. The van der Waals surface area contributed by atoms with Crippen molar-refractivity contribution in [1.29, 1.82) is 0 Å². The number of aryl methyl sites for hydroxylation is 2. The summed E-state index contributed by atoms with van der Waals surface area (Å²) in [6.45, 7) is 6.33. The number of anilines is 1. The Morgan fingerprint density at radius 1 is 1.07 bits per heavy atom. The summed E-state index contributed by atoms with van der Waals surface area (Å²) < 4.78 is 1.96. The van der Waals surface area contributed by atoms with Crippen LogP contribution in [0.5, 0.6) is 0 Å². The Labute approximate surface area is 165 Å². The van der Waals surface area contributed by atoms with Gasteiger partial charge in [-0.05, 0) is 49.6 Å². The van der Waals surface area contributed by atoms with Crippen molar-refractivity contribution in [2.45, 2.75) is 40.2 Å². The molecule has 2 N–H and O–H groups in total. The molecule has 146 valence electrons. The molecule has 3 rings (SSSR count). The van der Waals surface area contributed by atoms with E-state index in [4.69, 9.17) is 4.98 Å². The first kappa shape index (κ1) is 19.6. The van der Waals surface area contributed by atoms with Crippen molar-refractivity contribution in [3.8, 4) is 0 Å². The highest BCUT2D eigenvalue weighted by atomic mass is 16.2. The van der Waals surface area contributed by atoms with Gasteiger partial charge in [0.05, 0.1) is 11.0 Å². The van der Waals surface area contributed by atoms with Crippen molar-refractivity contribution in [1.82, 2.24) is 14.9 Å². The number of hydrogen-bond donors (Lipinski definition) is 2. The average Bonchev–Trinajstić information content (AvgIpc) is 3.00. The highest BCUT2D eigenvalue weighted by Gasteiger charge is 2.14.